The van der Waals surface area contributed by atoms with Gasteiger partial charge in [0.2, 0.25) is 0 Å². The first-order chi connectivity index (χ1) is 11.7. The normalized spacial score (nSPS) is 46.5. The van der Waals surface area contributed by atoms with Crippen LogP contribution in [0, 0.1) is 11.3 Å². The van der Waals surface area contributed by atoms with Gasteiger partial charge in [0.05, 0.1) is 23.9 Å². The first-order valence-corrected chi connectivity index (χ1v) is 9.51. The molecule has 0 saturated heterocycles. The maximum Gasteiger partial charge on any atom is 0.0962 e. The Morgan fingerprint density at radius 2 is 1.88 bits per heavy atom. The summed E-state index contributed by atoms with van der Waals surface area (Å²) in [4.78, 5) is 0. The fourth-order valence-corrected chi connectivity index (χ4v) is 5.43. The average molecular weight is 348 g/mol. The second-order valence-corrected chi connectivity index (χ2v) is 8.60. The minimum Gasteiger partial charge on any atom is -0.393 e. The van der Waals surface area contributed by atoms with Crippen LogP contribution in [0.1, 0.15) is 58.8 Å². The smallest absolute Gasteiger partial charge is 0.0962 e. The van der Waals surface area contributed by atoms with Gasteiger partial charge >= 0.3 is 0 Å². The maximum atomic E-state index is 11.1. The van der Waals surface area contributed by atoms with Gasteiger partial charge in [0, 0.05) is 5.41 Å². The number of aliphatic hydroxyl groups excluding tert-OH is 3. The number of aliphatic hydroxyl groups is 4. The molecule has 0 amide bonds. The van der Waals surface area contributed by atoms with Crippen molar-refractivity contribution in [2.45, 2.75) is 82.7 Å². The molecule has 6 atom stereocenters. The quantitative estimate of drug-likeness (QED) is 0.618. The van der Waals surface area contributed by atoms with Crippen molar-refractivity contribution in [2.24, 2.45) is 11.3 Å². The molecule has 25 heavy (non-hydrogen) atoms. The van der Waals surface area contributed by atoms with E-state index in [4.69, 9.17) is 0 Å². The molecule has 0 bridgehead atoms. The predicted octanol–water partition coefficient (Wildman–Crippen LogP) is 2.62. The Kier molecular flexibility index (Phi) is 5.02. The van der Waals surface area contributed by atoms with Crippen molar-refractivity contribution in [3.8, 4) is 0 Å². The third-order valence-electron chi connectivity index (χ3n) is 7.03. The summed E-state index contributed by atoms with van der Waals surface area (Å²) in [6.07, 6.45) is 7.20. The molecule has 140 valence electrons. The molecule has 4 N–H and O–H groups in total. The van der Waals surface area contributed by atoms with Crippen LogP contribution in [-0.4, -0.2) is 44.3 Å². The van der Waals surface area contributed by atoms with Gasteiger partial charge in [-0.05, 0) is 63.4 Å². The first-order valence-electron chi connectivity index (χ1n) is 9.51. The number of rotatable bonds is 2. The lowest BCUT2D eigenvalue weighted by atomic mass is 9.59. The number of fused-ring (bicyclic) bond motifs is 1. The van der Waals surface area contributed by atoms with Crippen LogP contribution in [0.2, 0.25) is 0 Å². The number of hydrogen-bond acceptors (Lipinski definition) is 4. The van der Waals surface area contributed by atoms with E-state index in [9.17, 15) is 20.4 Å². The van der Waals surface area contributed by atoms with Crippen molar-refractivity contribution >= 4 is 0 Å². The maximum absolute atomic E-state index is 11.1. The van der Waals surface area contributed by atoms with E-state index < -0.39 is 23.2 Å². The second-order valence-electron chi connectivity index (χ2n) is 8.60. The molecule has 3 aliphatic rings. The molecule has 0 spiro atoms. The molecule has 0 aromatic heterocycles. The van der Waals surface area contributed by atoms with Gasteiger partial charge in [0.15, 0.2) is 0 Å². The van der Waals surface area contributed by atoms with Gasteiger partial charge in [-0.2, -0.15) is 0 Å². The van der Waals surface area contributed by atoms with E-state index >= 15 is 0 Å². The van der Waals surface area contributed by atoms with Gasteiger partial charge in [-0.3, -0.25) is 0 Å². The highest BCUT2D eigenvalue weighted by molar-refractivity contribution is 5.37. The van der Waals surface area contributed by atoms with E-state index in [1.807, 2.05) is 13.0 Å². The van der Waals surface area contributed by atoms with Crippen LogP contribution >= 0.6 is 0 Å². The fraction of sp³-hybridized carbons (Fsp3) is 0.714. The zero-order valence-corrected chi connectivity index (χ0v) is 15.4. The topological polar surface area (TPSA) is 80.9 Å². The average Bonchev–Trinajstić information content (AvgIpc) is 2.80. The summed E-state index contributed by atoms with van der Waals surface area (Å²) in [5.74, 6) is 0.161. The molecule has 0 aromatic carbocycles. The highest BCUT2D eigenvalue weighted by Crippen LogP contribution is 2.60. The monoisotopic (exact) mass is 348 g/mol. The zero-order chi connectivity index (χ0) is 18.4. The van der Waals surface area contributed by atoms with E-state index in [1.54, 1.807) is 6.92 Å². The van der Waals surface area contributed by atoms with Crippen LogP contribution in [0.4, 0.5) is 0 Å². The van der Waals surface area contributed by atoms with Gasteiger partial charge < -0.3 is 20.4 Å². The Morgan fingerprint density at radius 1 is 1.16 bits per heavy atom. The highest BCUT2D eigenvalue weighted by Gasteiger charge is 2.61. The molecular weight excluding hydrogens is 316 g/mol. The lowest BCUT2D eigenvalue weighted by Gasteiger charge is -2.49. The molecule has 0 aromatic rings. The SMILES string of the molecule is C=C1CC[C@H](O)C/C1=C/C=C1\C[C@H](O)C[C@@]2(C)[C@H]1CC[C@]2(O)[C@@H](C)O. The second kappa shape index (κ2) is 6.66. The molecule has 0 radical (unpaired) electrons. The third-order valence-corrected chi connectivity index (χ3v) is 7.03. The van der Waals surface area contributed by atoms with Crippen molar-refractivity contribution in [3.05, 3.63) is 35.5 Å². The third kappa shape index (κ3) is 3.14. The summed E-state index contributed by atoms with van der Waals surface area (Å²) < 4.78 is 0. The molecule has 3 saturated carbocycles. The summed E-state index contributed by atoms with van der Waals surface area (Å²) in [6.45, 7) is 7.75. The summed E-state index contributed by atoms with van der Waals surface area (Å²) >= 11 is 0. The number of hydrogen-bond donors (Lipinski definition) is 4. The van der Waals surface area contributed by atoms with Crippen LogP contribution in [0.5, 0.6) is 0 Å². The largest absolute Gasteiger partial charge is 0.393 e. The standard InChI is InChI=1S/C21H32O4/c1-13-4-7-17(23)10-15(13)5-6-16-11-18(24)12-20(3)19(16)8-9-21(20,25)14(2)22/h5-6,14,17-19,22-25H,1,4,7-12H2,2-3H3/b15-5-,16-6+/t14-,17+,18+,19+,20+,21+/m1/s1. The van der Waals surface area contributed by atoms with Crippen molar-refractivity contribution in [2.75, 3.05) is 0 Å². The van der Waals surface area contributed by atoms with E-state index in [1.165, 1.54) is 0 Å². The number of allylic oxidation sites excluding steroid dienone is 3. The minimum absolute atomic E-state index is 0.161. The van der Waals surface area contributed by atoms with E-state index in [-0.39, 0.29) is 12.0 Å². The molecule has 3 fully saturated rings. The van der Waals surface area contributed by atoms with Crippen molar-refractivity contribution < 1.29 is 20.4 Å². The van der Waals surface area contributed by atoms with Gasteiger partial charge in [-0.25, -0.2) is 0 Å². The van der Waals surface area contributed by atoms with Gasteiger partial charge in [0.25, 0.3) is 0 Å². The van der Waals surface area contributed by atoms with E-state index in [2.05, 4.69) is 12.7 Å². The van der Waals surface area contributed by atoms with E-state index in [0.717, 1.165) is 36.0 Å². The molecule has 0 unspecified atom stereocenters. The van der Waals surface area contributed by atoms with Crippen LogP contribution < -0.4 is 0 Å². The Balaban J connectivity index is 1.91. The summed E-state index contributed by atoms with van der Waals surface area (Å²) in [5, 5.41) is 41.6. The summed E-state index contributed by atoms with van der Waals surface area (Å²) in [6, 6.07) is 0. The van der Waals surface area contributed by atoms with Gasteiger partial charge in [-0.1, -0.05) is 36.8 Å². The molecule has 4 heteroatoms. The lowest BCUT2D eigenvalue weighted by Crippen LogP contribution is -2.55. The van der Waals surface area contributed by atoms with Crippen LogP contribution in [-0.2, 0) is 0 Å². The molecule has 3 rings (SSSR count). The Morgan fingerprint density at radius 3 is 2.56 bits per heavy atom. The molecule has 0 heterocycles. The van der Waals surface area contributed by atoms with Crippen LogP contribution in [0.3, 0.4) is 0 Å². The van der Waals surface area contributed by atoms with Crippen LogP contribution in [0.25, 0.3) is 0 Å². The Bertz CT molecular complexity index is 605. The van der Waals surface area contributed by atoms with E-state index in [0.29, 0.717) is 25.7 Å². The van der Waals surface area contributed by atoms with Gasteiger partial charge in [0.1, 0.15) is 0 Å². The molecule has 0 aliphatic heterocycles. The highest BCUT2D eigenvalue weighted by atomic mass is 16.3. The lowest BCUT2D eigenvalue weighted by molar-refractivity contribution is -0.154. The fourth-order valence-electron chi connectivity index (χ4n) is 5.43. The molecular formula is C21H32O4. The minimum atomic E-state index is -1.16. The zero-order valence-electron chi connectivity index (χ0n) is 15.4. The summed E-state index contributed by atoms with van der Waals surface area (Å²) in [5.41, 5.74) is 1.62. The van der Waals surface area contributed by atoms with Crippen molar-refractivity contribution in [1.82, 2.24) is 0 Å². The predicted molar refractivity (Wildman–Crippen MR) is 97.9 cm³/mol. The van der Waals surface area contributed by atoms with Crippen molar-refractivity contribution in [3.63, 3.8) is 0 Å². The Hall–Kier alpha value is -0.940. The summed E-state index contributed by atoms with van der Waals surface area (Å²) in [7, 11) is 0. The molecule has 3 aliphatic carbocycles. The van der Waals surface area contributed by atoms with Crippen LogP contribution in [0.15, 0.2) is 35.5 Å². The van der Waals surface area contributed by atoms with Gasteiger partial charge in [-0.15, -0.1) is 0 Å². The first kappa shape index (κ1) is 18.8. The van der Waals surface area contributed by atoms with Crippen molar-refractivity contribution in [1.29, 1.82) is 0 Å². The molecule has 4 nitrogen and oxygen atoms in total. The Labute approximate surface area is 150 Å².